The molecular formula is C14H20O5. The minimum Gasteiger partial charge on any atom is -0.465 e. The van der Waals surface area contributed by atoms with Crippen molar-refractivity contribution in [3.8, 4) is 0 Å². The highest BCUT2D eigenvalue weighted by molar-refractivity contribution is 5.78. The van der Waals surface area contributed by atoms with Gasteiger partial charge < -0.3 is 13.9 Å². The van der Waals surface area contributed by atoms with Crippen LogP contribution in [0.3, 0.4) is 0 Å². The van der Waals surface area contributed by atoms with Crippen molar-refractivity contribution in [1.29, 1.82) is 0 Å². The number of hydrogen-bond acceptors (Lipinski definition) is 5. The Bertz CT molecular complexity index is 396. The van der Waals surface area contributed by atoms with Crippen LogP contribution in [0.5, 0.6) is 0 Å². The Balaban J connectivity index is 2.76. The van der Waals surface area contributed by atoms with Crippen LogP contribution in [0, 0.1) is 0 Å². The number of carbonyl (C=O) groups excluding carboxylic acids is 2. The highest BCUT2D eigenvalue weighted by atomic mass is 16.5. The molecule has 0 amide bonds. The quantitative estimate of drug-likeness (QED) is 0.742. The third-order valence-electron chi connectivity index (χ3n) is 2.78. The van der Waals surface area contributed by atoms with E-state index in [2.05, 4.69) is 0 Å². The molecule has 1 aromatic rings. The molecule has 0 bridgehead atoms. The number of carbonyl (C=O) groups is 2. The minimum atomic E-state index is -0.483. The second-order valence-corrected chi connectivity index (χ2v) is 4.19. The smallest absolute Gasteiger partial charge is 0.316 e. The van der Waals surface area contributed by atoms with Gasteiger partial charge in [-0.05, 0) is 39.8 Å². The molecule has 0 saturated heterocycles. The molecule has 0 spiro atoms. The molecule has 0 N–H and O–H groups in total. The van der Waals surface area contributed by atoms with Crippen LogP contribution in [0.25, 0.3) is 0 Å². The molecule has 2 unspecified atom stereocenters. The summed E-state index contributed by atoms with van der Waals surface area (Å²) < 4.78 is 15.4. The number of esters is 2. The fourth-order valence-corrected chi connectivity index (χ4v) is 1.60. The van der Waals surface area contributed by atoms with Gasteiger partial charge in [0.25, 0.3) is 0 Å². The first-order valence-corrected chi connectivity index (χ1v) is 6.44. The molecule has 0 aliphatic heterocycles. The van der Waals surface area contributed by atoms with Crippen LogP contribution >= 0.6 is 0 Å². The summed E-state index contributed by atoms with van der Waals surface area (Å²) in [5.41, 5.74) is 0. The van der Waals surface area contributed by atoms with Crippen LogP contribution < -0.4 is 0 Å². The van der Waals surface area contributed by atoms with Crippen LogP contribution in [-0.4, -0.2) is 25.2 Å². The van der Waals surface area contributed by atoms with Gasteiger partial charge in [0.2, 0.25) is 0 Å². The molecule has 19 heavy (non-hydrogen) atoms. The Morgan fingerprint density at radius 1 is 1.00 bits per heavy atom. The van der Waals surface area contributed by atoms with Gasteiger partial charge >= 0.3 is 11.9 Å². The van der Waals surface area contributed by atoms with Crippen LogP contribution in [0.15, 0.2) is 16.5 Å². The largest absolute Gasteiger partial charge is 0.465 e. The van der Waals surface area contributed by atoms with E-state index in [0.717, 1.165) is 0 Å². The summed E-state index contributed by atoms with van der Waals surface area (Å²) in [6, 6.07) is 3.37. The minimum absolute atomic E-state index is 0.329. The molecule has 5 heteroatoms. The zero-order valence-corrected chi connectivity index (χ0v) is 11.8. The third-order valence-corrected chi connectivity index (χ3v) is 2.78. The van der Waals surface area contributed by atoms with Crippen molar-refractivity contribution >= 4 is 11.9 Å². The topological polar surface area (TPSA) is 65.7 Å². The van der Waals surface area contributed by atoms with Gasteiger partial charge in [-0.15, -0.1) is 0 Å². The first kappa shape index (κ1) is 15.3. The number of rotatable bonds is 6. The molecule has 0 fully saturated rings. The van der Waals surface area contributed by atoms with E-state index in [1.54, 1.807) is 39.8 Å². The van der Waals surface area contributed by atoms with Gasteiger partial charge in [0.1, 0.15) is 23.4 Å². The second kappa shape index (κ2) is 6.97. The van der Waals surface area contributed by atoms with Gasteiger partial charge in [-0.2, -0.15) is 0 Å². The Morgan fingerprint density at radius 3 is 1.68 bits per heavy atom. The van der Waals surface area contributed by atoms with Crippen molar-refractivity contribution in [3.63, 3.8) is 0 Å². The van der Waals surface area contributed by atoms with Gasteiger partial charge in [0.15, 0.2) is 0 Å². The molecule has 0 aliphatic carbocycles. The molecule has 1 heterocycles. The van der Waals surface area contributed by atoms with Gasteiger partial charge in [0, 0.05) is 0 Å². The molecule has 5 nitrogen and oxygen atoms in total. The lowest BCUT2D eigenvalue weighted by molar-refractivity contribution is -0.145. The Hall–Kier alpha value is -1.78. The molecule has 1 rings (SSSR count). The summed E-state index contributed by atoms with van der Waals surface area (Å²) >= 11 is 0. The first-order valence-electron chi connectivity index (χ1n) is 6.44. The van der Waals surface area contributed by atoms with Crippen molar-refractivity contribution in [2.75, 3.05) is 13.2 Å². The Labute approximate surface area is 112 Å². The van der Waals surface area contributed by atoms with Crippen LogP contribution in [0.2, 0.25) is 0 Å². The van der Waals surface area contributed by atoms with Crippen molar-refractivity contribution in [1.82, 2.24) is 0 Å². The van der Waals surface area contributed by atoms with E-state index in [1.807, 2.05) is 0 Å². The Kier molecular flexibility index (Phi) is 5.60. The lowest BCUT2D eigenvalue weighted by Gasteiger charge is -2.09. The zero-order chi connectivity index (χ0) is 14.4. The van der Waals surface area contributed by atoms with Crippen molar-refractivity contribution in [2.45, 2.75) is 39.5 Å². The molecule has 0 aromatic carbocycles. The summed E-state index contributed by atoms with van der Waals surface area (Å²) in [6.45, 7) is 7.57. The summed E-state index contributed by atoms with van der Waals surface area (Å²) in [5, 5.41) is 0. The number of furan rings is 1. The third kappa shape index (κ3) is 3.84. The molecule has 0 saturated carbocycles. The summed E-state index contributed by atoms with van der Waals surface area (Å²) in [5.74, 6) is -0.667. The monoisotopic (exact) mass is 268 g/mol. The van der Waals surface area contributed by atoms with Crippen LogP contribution in [0.1, 0.15) is 51.1 Å². The summed E-state index contributed by atoms with van der Waals surface area (Å²) in [4.78, 5) is 23.2. The maximum absolute atomic E-state index is 11.6. The molecule has 106 valence electrons. The SMILES string of the molecule is CCOC(=O)C(C)c1ccc(C(C)C(=O)OCC)o1. The van der Waals surface area contributed by atoms with Gasteiger partial charge in [-0.3, -0.25) is 9.59 Å². The van der Waals surface area contributed by atoms with Gasteiger partial charge in [-0.1, -0.05) is 0 Å². The standard InChI is InChI=1S/C14H20O5/c1-5-17-13(15)9(3)11-7-8-12(19-11)10(4)14(16)18-6-2/h7-10H,5-6H2,1-4H3. The maximum atomic E-state index is 11.6. The fraction of sp³-hybridized carbons (Fsp3) is 0.571. The molecule has 2 atom stereocenters. The lowest BCUT2D eigenvalue weighted by atomic mass is 10.1. The number of hydrogen-bond donors (Lipinski definition) is 0. The molecular weight excluding hydrogens is 248 g/mol. The summed E-state index contributed by atoms with van der Waals surface area (Å²) in [6.07, 6.45) is 0. The lowest BCUT2D eigenvalue weighted by Crippen LogP contribution is -2.13. The molecule has 1 aromatic heterocycles. The molecule has 0 aliphatic rings. The van der Waals surface area contributed by atoms with E-state index in [1.165, 1.54) is 0 Å². The number of ether oxygens (including phenoxy) is 2. The second-order valence-electron chi connectivity index (χ2n) is 4.19. The Morgan fingerprint density at radius 2 is 1.37 bits per heavy atom. The average molecular weight is 268 g/mol. The average Bonchev–Trinajstić information content (AvgIpc) is 2.87. The van der Waals surface area contributed by atoms with Crippen molar-refractivity contribution in [2.24, 2.45) is 0 Å². The predicted molar refractivity (Wildman–Crippen MR) is 68.8 cm³/mol. The van der Waals surface area contributed by atoms with Gasteiger partial charge in [0.05, 0.1) is 13.2 Å². The van der Waals surface area contributed by atoms with E-state index < -0.39 is 11.8 Å². The predicted octanol–water partition coefficient (Wildman–Crippen LogP) is 2.61. The first-order chi connectivity index (χ1) is 9.01. The van der Waals surface area contributed by atoms with Gasteiger partial charge in [-0.25, -0.2) is 0 Å². The van der Waals surface area contributed by atoms with E-state index in [4.69, 9.17) is 13.9 Å². The summed E-state index contributed by atoms with van der Waals surface area (Å²) in [7, 11) is 0. The molecule has 0 radical (unpaired) electrons. The highest BCUT2D eigenvalue weighted by Crippen LogP contribution is 2.25. The van der Waals surface area contributed by atoms with E-state index in [9.17, 15) is 9.59 Å². The van der Waals surface area contributed by atoms with Crippen LogP contribution in [0.4, 0.5) is 0 Å². The normalized spacial score (nSPS) is 13.7. The fourth-order valence-electron chi connectivity index (χ4n) is 1.60. The maximum Gasteiger partial charge on any atom is 0.316 e. The van der Waals surface area contributed by atoms with Crippen molar-refractivity contribution in [3.05, 3.63) is 23.7 Å². The highest BCUT2D eigenvalue weighted by Gasteiger charge is 2.24. The van der Waals surface area contributed by atoms with E-state index in [0.29, 0.717) is 24.7 Å². The van der Waals surface area contributed by atoms with E-state index in [-0.39, 0.29) is 11.9 Å². The van der Waals surface area contributed by atoms with Crippen LogP contribution in [-0.2, 0) is 19.1 Å². The zero-order valence-electron chi connectivity index (χ0n) is 11.8. The van der Waals surface area contributed by atoms with E-state index >= 15 is 0 Å². The van der Waals surface area contributed by atoms with Crippen molar-refractivity contribution < 1.29 is 23.5 Å².